The van der Waals surface area contributed by atoms with Crippen molar-refractivity contribution in [2.24, 2.45) is 5.73 Å². The van der Waals surface area contributed by atoms with Crippen LogP contribution in [0.1, 0.15) is 75.1 Å². The molecule has 2 aliphatic rings. The Labute approximate surface area is 188 Å². The lowest BCUT2D eigenvalue weighted by atomic mass is 9.81. The maximum absolute atomic E-state index is 10.0. The van der Waals surface area contributed by atoms with Gasteiger partial charge in [0.2, 0.25) is 11.8 Å². The molecule has 3 heterocycles. The molecule has 0 saturated heterocycles. The molecule has 1 unspecified atom stereocenters. The van der Waals surface area contributed by atoms with Gasteiger partial charge in [-0.15, -0.1) is 0 Å². The lowest BCUT2D eigenvalue weighted by molar-refractivity contribution is 0.277. The monoisotopic (exact) mass is 428 g/mol. The van der Waals surface area contributed by atoms with Crippen molar-refractivity contribution >= 4 is 0 Å². The second-order valence-corrected chi connectivity index (χ2v) is 9.65. The molecular weight excluding hydrogens is 400 g/mol. The van der Waals surface area contributed by atoms with Crippen LogP contribution in [0.15, 0.2) is 54.4 Å². The molecule has 1 aliphatic carbocycles. The summed E-state index contributed by atoms with van der Waals surface area (Å²) < 4.78 is 9.99. The summed E-state index contributed by atoms with van der Waals surface area (Å²) in [6.45, 7) is 6.32. The van der Waals surface area contributed by atoms with E-state index in [-0.39, 0.29) is 17.3 Å². The molecule has 7 heteroatoms. The molecule has 0 bridgehead atoms. The van der Waals surface area contributed by atoms with Crippen molar-refractivity contribution in [3.05, 3.63) is 71.3 Å². The van der Waals surface area contributed by atoms with Gasteiger partial charge >= 0.3 is 0 Å². The molecule has 2 aromatic heterocycles. The molecule has 2 N–H and O–H groups in total. The van der Waals surface area contributed by atoms with Crippen molar-refractivity contribution in [1.29, 1.82) is 5.26 Å². The number of allylic oxidation sites excluding steroid dienone is 1. The van der Waals surface area contributed by atoms with Crippen molar-refractivity contribution in [1.82, 2.24) is 19.3 Å². The summed E-state index contributed by atoms with van der Waals surface area (Å²) in [5, 5.41) is 15.1. The van der Waals surface area contributed by atoms with Crippen LogP contribution in [0.2, 0.25) is 0 Å². The number of benzene rings is 1. The number of nitrogens with two attached hydrogens (primary N) is 1. The van der Waals surface area contributed by atoms with Gasteiger partial charge < -0.3 is 15.0 Å². The number of hydrogen-bond acceptors (Lipinski definition) is 5. The van der Waals surface area contributed by atoms with E-state index in [2.05, 4.69) is 44.0 Å². The lowest BCUT2D eigenvalue weighted by Crippen LogP contribution is -2.27. The first-order valence-electron chi connectivity index (χ1n) is 11.2. The van der Waals surface area contributed by atoms with Gasteiger partial charge in [0, 0.05) is 24.0 Å². The zero-order valence-electron chi connectivity index (χ0n) is 18.7. The van der Waals surface area contributed by atoms with E-state index in [0.29, 0.717) is 17.4 Å². The molecule has 7 nitrogen and oxygen atoms in total. The van der Waals surface area contributed by atoms with Gasteiger partial charge in [-0.25, -0.2) is 9.67 Å². The zero-order valence-corrected chi connectivity index (χ0v) is 18.7. The minimum atomic E-state index is -0.299. The van der Waals surface area contributed by atoms with Crippen LogP contribution in [0.25, 0.3) is 5.69 Å². The molecule has 1 aliphatic heterocycles. The topological polar surface area (TPSA) is 94.7 Å². The first-order chi connectivity index (χ1) is 15.4. The summed E-state index contributed by atoms with van der Waals surface area (Å²) in [6, 6.07) is 10.5. The highest BCUT2D eigenvalue weighted by molar-refractivity contribution is 5.57. The van der Waals surface area contributed by atoms with Crippen molar-refractivity contribution < 1.29 is 4.74 Å². The highest BCUT2D eigenvalue weighted by atomic mass is 16.5. The summed E-state index contributed by atoms with van der Waals surface area (Å²) >= 11 is 0. The third kappa shape index (κ3) is 3.27. The number of imidazole rings is 1. The van der Waals surface area contributed by atoms with Gasteiger partial charge in [-0.2, -0.15) is 10.4 Å². The molecular formula is C25H28N6O. The fourth-order valence-corrected chi connectivity index (χ4v) is 4.91. The number of rotatable bonds is 3. The third-order valence-electron chi connectivity index (χ3n) is 6.48. The van der Waals surface area contributed by atoms with E-state index in [0.717, 1.165) is 35.3 Å². The van der Waals surface area contributed by atoms with Gasteiger partial charge in [-0.3, -0.25) is 0 Å². The molecule has 0 spiro atoms. The van der Waals surface area contributed by atoms with Crippen molar-refractivity contribution in [2.75, 3.05) is 0 Å². The van der Waals surface area contributed by atoms with E-state index in [1.165, 1.54) is 12.8 Å². The molecule has 164 valence electrons. The molecule has 0 radical (unpaired) electrons. The van der Waals surface area contributed by atoms with E-state index >= 15 is 0 Å². The Balaban J connectivity index is 1.69. The quantitative estimate of drug-likeness (QED) is 0.652. The number of fused-ring (bicyclic) bond motifs is 1. The minimum absolute atomic E-state index is 0.159. The van der Waals surface area contributed by atoms with Crippen LogP contribution in [0.3, 0.4) is 0 Å². The summed E-state index contributed by atoms with van der Waals surface area (Å²) in [5.41, 5.74) is 10.5. The Kier molecular flexibility index (Phi) is 4.81. The molecule has 1 fully saturated rings. The van der Waals surface area contributed by atoms with E-state index in [1.807, 2.05) is 27.6 Å². The van der Waals surface area contributed by atoms with E-state index in [1.54, 1.807) is 12.5 Å². The number of nitriles is 1. The van der Waals surface area contributed by atoms with E-state index in [9.17, 15) is 5.26 Å². The fraction of sp³-hybridized carbons (Fsp3) is 0.400. The van der Waals surface area contributed by atoms with Crippen LogP contribution in [-0.2, 0) is 5.54 Å². The average molecular weight is 429 g/mol. The van der Waals surface area contributed by atoms with Gasteiger partial charge in [0.15, 0.2) is 0 Å². The average Bonchev–Trinajstić information content (AvgIpc) is 3.52. The van der Waals surface area contributed by atoms with Crippen molar-refractivity contribution in [3.63, 3.8) is 0 Å². The normalized spacial score (nSPS) is 19.0. The summed E-state index contributed by atoms with van der Waals surface area (Å²) in [7, 11) is 0. The third-order valence-corrected chi connectivity index (χ3v) is 6.48. The van der Waals surface area contributed by atoms with Crippen LogP contribution >= 0.6 is 0 Å². The van der Waals surface area contributed by atoms with Gasteiger partial charge in [-0.1, -0.05) is 25.0 Å². The Morgan fingerprint density at radius 2 is 1.88 bits per heavy atom. The van der Waals surface area contributed by atoms with Crippen LogP contribution in [0.5, 0.6) is 5.88 Å². The standard InChI is InChI=1S/C25H28N6O/c1-25(2,3)31-24-21(22(29-31)17-6-4-5-7-17)20(19(14-26)23(27)32-24)16-8-10-18(11-9-16)30-13-12-28-15-30/h8-13,15,17,20H,4-7,27H2,1-3H3. The molecule has 1 atom stereocenters. The first-order valence-corrected chi connectivity index (χ1v) is 11.2. The molecule has 0 amide bonds. The fourth-order valence-electron chi connectivity index (χ4n) is 4.91. The van der Waals surface area contributed by atoms with Crippen molar-refractivity contribution in [3.8, 4) is 17.6 Å². The lowest BCUT2D eigenvalue weighted by Gasteiger charge is -2.28. The zero-order chi connectivity index (χ0) is 22.5. The molecule has 32 heavy (non-hydrogen) atoms. The largest absolute Gasteiger partial charge is 0.422 e. The maximum Gasteiger partial charge on any atom is 0.224 e. The SMILES string of the molecule is CC(C)(C)n1nc(C2CCCC2)c2c1OC(N)=C(C#N)C2c1ccc(-n2ccnc2)cc1. The predicted molar refractivity (Wildman–Crippen MR) is 121 cm³/mol. The highest BCUT2D eigenvalue weighted by Crippen LogP contribution is 2.49. The maximum atomic E-state index is 10.0. The van der Waals surface area contributed by atoms with Gasteiger partial charge in [-0.05, 0) is 51.3 Å². The van der Waals surface area contributed by atoms with Crippen LogP contribution < -0.4 is 10.5 Å². The smallest absolute Gasteiger partial charge is 0.224 e. The second kappa shape index (κ2) is 7.56. The first kappa shape index (κ1) is 20.4. The summed E-state index contributed by atoms with van der Waals surface area (Å²) in [6.07, 6.45) is 10.1. The van der Waals surface area contributed by atoms with Crippen LogP contribution in [0.4, 0.5) is 0 Å². The number of hydrogen-bond donors (Lipinski definition) is 1. The number of nitrogens with zero attached hydrogens (tertiary/aromatic N) is 5. The number of ether oxygens (including phenoxy) is 1. The van der Waals surface area contributed by atoms with Gasteiger partial charge in [0.05, 0.1) is 29.0 Å². The molecule has 1 aromatic carbocycles. The van der Waals surface area contributed by atoms with Crippen LogP contribution in [0, 0.1) is 11.3 Å². The van der Waals surface area contributed by atoms with E-state index < -0.39 is 0 Å². The van der Waals surface area contributed by atoms with Gasteiger partial charge in [0.25, 0.3) is 0 Å². The summed E-state index contributed by atoms with van der Waals surface area (Å²) in [4.78, 5) is 4.13. The molecule has 3 aromatic rings. The van der Waals surface area contributed by atoms with Crippen molar-refractivity contribution in [2.45, 2.75) is 63.8 Å². The second-order valence-electron chi connectivity index (χ2n) is 9.65. The Morgan fingerprint density at radius 1 is 1.16 bits per heavy atom. The predicted octanol–water partition coefficient (Wildman–Crippen LogP) is 4.70. The highest BCUT2D eigenvalue weighted by Gasteiger charge is 2.40. The number of aromatic nitrogens is 4. The Hall–Kier alpha value is -3.53. The van der Waals surface area contributed by atoms with E-state index in [4.69, 9.17) is 15.6 Å². The minimum Gasteiger partial charge on any atom is -0.422 e. The Bertz CT molecular complexity index is 1200. The summed E-state index contributed by atoms with van der Waals surface area (Å²) in [5.74, 6) is 0.905. The van der Waals surface area contributed by atoms with Crippen LogP contribution in [-0.4, -0.2) is 19.3 Å². The van der Waals surface area contributed by atoms with Gasteiger partial charge in [0.1, 0.15) is 11.6 Å². The molecule has 5 rings (SSSR count). The Morgan fingerprint density at radius 3 is 2.47 bits per heavy atom. The molecule has 1 saturated carbocycles.